The van der Waals surface area contributed by atoms with Gasteiger partial charge in [0.1, 0.15) is 5.82 Å². The first-order valence-electron chi connectivity index (χ1n) is 6.94. The van der Waals surface area contributed by atoms with E-state index in [4.69, 9.17) is 0 Å². The van der Waals surface area contributed by atoms with Crippen LogP contribution in [0.2, 0.25) is 0 Å². The summed E-state index contributed by atoms with van der Waals surface area (Å²) in [6, 6.07) is 0. The highest BCUT2D eigenvalue weighted by Gasteiger charge is 2.33. The van der Waals surface area contributed by atoms with Crippen LogP contribution in [-0.2, 0) is 0 Å². The molecule has 2 fully saturated rings. The van der Waals surface area contributed by atoms with E-state index in [1.54, 1.807) is 0 Å². The Morgan fingerprint density at radius 2 is 2.28 bits per heavy atom. The Hall–Kier alpha value is -0.680. The van der Waals surface area contributed by atoms with E-state index in [1.807, 2.05) is 0 Å². The highest BCUT2D eigenvalue weighted by atomic mass is 32.1. The fourth-order valence-corrected chi connectivity index (χ4v) is 3.49. The quantitative estimate of drug-likeness (QED) is 0.880. The molecule has 5 heteroatoms. The predicted octanol–water partition coefficient (Wildman–Crippen LogP) is 2.77. The third-order valence-corrected chi connectivity index (χ3v) is 4.71. The number of hydrogen-bond acceptors (Lipinski definition) is 5. The van der Waals surface area contributed by atoms with Gasteiger partial charge in [-0.2, -0.15) is 4.37 Å². The molecule has 0 bridgehead atoms. The highest BCUT2D eigenvalue weighted by molar-refractivity contribution is 7.09. The van der Waals surface area contributed by atoms with Crippen LogP contribution in [0.1, 0.15) is 57.2 Å². The SMILES string of the molecule is CC1CCCC(O)(CNc2nc(C3CC3)ns2)C1. The van der Waals surface area contributed by atoms with Gasteiger partial charge >= 0.3 is 0 Å². The highest BCUT2D eigenvalue weighted by Crippen LogP contribution is 2.39. The van der Waals surface area contributed by atoms with E-state index in [0.717, 1.165) is 30.2 Å². The summed E-state index contributed by atoms with van der Waals surface area (Å²) in [6.07, 6.45) is 6.64. The molecule has 0 aliphatic heterocycles. The van der Waals surface area contributed by atoms with Crippen LogP contribution in [0.25, 0.3) is 0 Å². The van der Waals surface area contributed by atoms with Gasteiger partial charge < -0.3 is 10.4 Å². The number of anilines is 1. The molecule has 2 unspecified atom stereocenters. The second-order valence-electron chi connectivity index (χ2n) is 6.01. The first-order valence-corrected chi connectivity index (χ1v) is 7.72. The molecule has 1 heterocycles. The number of hydrogen-bond donors (Lipinski definition) is 2. The minimum atomic E-state index is -0.552. The Labute approximate surface area is 112 Å². The summed E-state index contributed by atoms with van der Waals surface area (Å²) in [5.41, 5.74) is -0.552. The zero-order chi connectivity index (χ0) is 12.6. The molecule has 2 atom stereocenters. The maximum Gasteiger partial charge on any atom is 0.202 e. The summed E-state index contributed by atoms with van der Waals surface area (Å²) in [4.78, 5) is 4.49. The summed E-state index contributed by atoms with van der Waals surface area (Å²) in [5.74, 6) is 2.23. The van der Waals surface area contributed by atoms with Crippen molar-refractivity contribution >= 4 is 16.7 Å². The van der Waals surface area contributed by atoms with Crippen LogP contribution in [0.3, 0.4) is 0 Å². The van der Waals surface area contributed by atoms with Crippen molar-refractivity contribution in [3.05, 3.63) is 5.82 Å². The van der Waals surface area contributed by atoms with Gasteiger partial charge in [0.2, 0.25) is 5.13 Å². The van der Waals surface area contributed by atoms with E-state index in [1.165, 1.54) is 30.8 Å². The first kappa shape index (κ1) is 12.4. The lowest BCUT2D eigenvalue weighted by Gasteiger charge is -2.35. The Bertz CT molecular complexity index is 418. The van der Waals surface area contributed by atoms with Gasteiger partial charge in [0.05, 0.1) is 5.60 Å². The van der Waals surface area contributed by atoms with Crippen molar-refractivity contribution in [2.24, 2.45) is 5.92 Å². The summed E-state index contributed by atoms with van der Waals surface area (Å²) >= 11 is 1.42. The van der Waals surface area contributed by atoms with E-state index < -0.39 is 5.60 Å². The topological polar surface area (TPSA) is 58.0 Å². The number of aliphatic hydroxyl groups is 1. The predicted molar refractivity (Wildman–Crippen MR) is 73.0 cm³/mol. The van der Waals surface area contributed by atoms with Gasteiger partial charge in [0.25, 0.3) is 0 Å². The van der Waals surface area contributed by atoms with Gasteiger partial charge in [-0.15, -0.1) is 0 Å². The molecule has 18 heavy (non-hydrogen) atoms. The maximum absolute atomic E-state index is 10.5. The second-order valence-corrected chi connectivity index (χ2v) is 6.76. The van der Waals surface area contributed by atoms with Crippen molar-refractivity contribution in [1.82, 2.24) is 9.36 Å². The molecule has 100 valence electrons. The van der Waals surface area contributed by atoms with Crippen LogP contribution in [0.5, 0.6) is 0 Å². The van der Waals surface area contributed by atoms with Crippen LogP contribution in [0, 0.1) is 5.92 Å². The molecule has 1 aromatic rings. The fourth-order valence-electron chi connectivity index (χ4n) is 2.85. The Balaban J connectivity index is 1.55. The summed E-state index contributed by atoms with van der Waals surface area (Å²) < 4.78 is 4.37. The first-order chi connectivity index (χ1) is 8.65. The van der Waals surface area contributed by atoms with Crippen molar-refractivity contribution < 1.29 is 5.11 Å². The molecule has 2 saturated carbocycles. The van der Waals surface area contributed by atoms with Crippen LogP contribution < -0.4 is 5.32 Å². The lowest BCUT2D eigenvalue weighted by atomic mass is 9.79. The van der Waals surface area contributed by atoms with E-state index in [0.29, 0.717) is 18.4 Å². The van der Waals surface area contributed by atoms with E-state index in [2.05, 4.69) is 21.6 Å². The number of nitrogens with zero attached hydrogens (tertiary/aromatic N) is 2. The molecule has 2 N–H and O–H groups in total. The molecular weight excluding hydrogens is 246 g/mol. The molecule has 2 aliphatic carbocycles. The van der Waals surface area contributed by atoms with Gasteiger partial charge in [0, 0.05) is 24.0 Å². The Kier molecular flexibility index (Phi) is 3.28. The van der Waals surface area contributed by atoms with Crippen LogP contribution in [-0.4, -0.2) is 26.6 Å². The normalized spacial score (nSPS) is 32.4. The summed E-state index contributed by atoms with van der Waals surface area (Å²) in [6.45, 7) is 2.83. The van der Waals surface area contributed by atoms with E-state index in [9.17, 15) is 5.11 Å². The summed E-state index contributed by atoms with van der Waals surface area (Å²) in [7, 11) is 0. The zero-order valence-electron chi connectivity index (χ0n) is 10.9. The third-order valence-electron chi connectivity index (χ3n) is 4.02. The fraction of sp³-hybridized carbons (Fsp3) is 0.846. The molecule has 0 amide bonds. The lowest BCUT2D eigenvalue weighted by Crippen LogP contribution is -2.41. The molecular formula is C13H21N3OS. The van der Waals surface area contributed by atoms with Gasteiger partial charge in [-0.1, -0.05) is 19.8 Å². The van der Waals surface area contributed by atoms with E-state index in [-0.39, 0.29) is 0 Å². The smallest absolute Gasteiger partial charge is 0.202 e. The van der Waals surface area contributed by atoms with Crippen LogP contribution >= 0.6 is 11.5 Å². The lowest BCUT2D eigenvalue weighted by molar-refractivity contribution is -0.000766. The molecule has 2 aliphatic rings. The van der Waals surface area contributed by atoms with Gasteiger partial charge in [-0.05, 0) is 31.6 Å². The van der Waals surface area contributed by atoms with Gasteiger partial charge in [-0.25, -0.2) is 4.98 Å². The number of nitrogens with one attached hydrogen (secondary N) is 1. The van der Waals surface area contributed by atoms with Crippen molar-refractivity contribution in [2.45, 2.75) is 57.0 Å². The van der Waals surface area contributed by atoms with Gasteiger partial charge in [0.15, 0.2) is 0 Å². The molecule has 0 saturated heterocycles. The van der Waals surface area contributed by atoms with Crippen molar-refractivity contribution in [3.63, 3.8) is 0 Å². The monoisotopic (exact) mass is 267 g/mol. The Morgan fingerprint density at radius 1 is 1.44 bits per heavy atom. The molecule has 3 rings (SSSR count). The zero-order valence-corrected chi connectivity index (χ0v) is 11.7. The van der Waals surface area contributed by atoms with Crippen molar-refractivity contribution in [2.75, 3.05) is 11.9 Å². The third kappa shape index (κ3) is 2.83. The van der Waals surface area contributed by atoms with Gasteiger partial charge in [-0.3, -0.25) is 0 Å². The minimum Gasteiger partial charge on any atom is -0.388 e. The molecule has 0 aromatic carbocycles. The largest absolute Gasteiger partial charge is 0.388 e. The Morgan fingerprint density at radius 3 is 3.00 bits per heavy atom. The minimum absolute atomic E-state index is 0.552. The molecule has 0 spiro atoms. The second kappa shape index (κ2) is 4.78. The number of rotatable bonds is 4. The van der Waals surface area contributed by atoms with E-state index >= 15 is 0 Å². The van der Waals surface area contributed by atoms with Crippen molar-refractivity contribution in [3.8, 4) is 0 Å². The maximum atomic E-state index is 10.5. The molecule has 0 radical (unpaired) electrons. The average Bonchev–Trinajstić information content (AvgIpc) is 3.06. The standard InChI is InChI=1S/C13H21N3OS/c1-9-3-2-6-13(17,7-9)8-14-12-15-11(16-18-12)10-4-5-10/h9-10,17H,2-8H2,1H3,(H,14,15,16). The molecule has 4 nitrogen and oxygen atoms in total. The van der Waals surface area contributed by atoms with Crippen LogP contribution in [0.4, 0.5) is 5.13 Å². The number of aromatic nitrogens is 2. The summed E-state index contributed by atoms with van der Waals surface area (Å²) in [5, 5.41) is 14.7. The van der Waals surface area contributed by atoms with Crippen LogP contribution in [0.15, 0.2) is 0 Å². The molecule has 1 aromatic heterocycles. The average molecular weight is 267 g/mol. The van der Waals surface area contributed by atoms with Crippen molar-refractivity contribution in [1.29, 1.82) is 0 Å².